The summed E-state index contributed by atoms with van der Waals surface area (Å²) in [5.41, 5.74) is 5.26. The van der Waals surface area contributed by atoms with Crippen LogP contribution in [0.1, 0.15) is 42.1 Å². The van der Waals surface area contributed by atoms with Crippen molar-refractivity contribution >= 4 is 5.76 Å². The number of allylic oxidation sites excluding steroid dienone is 1. The summed E-state index contributed by atoms with van der Waals surface area (Å²) in [5, 5.41) is 20.4. The van der Waals surface area contributed by atoms with Crippen LogP contribution in [0.4, 0.5) is 0 Å². The van der Waals surface area contributed by atoms with Crippen LogP contribution in [0.25, 0.3) is 5.76 Å². The Kier molecular flexibility index (Phi) is 5.60. The number of pyridine rings is 1. The number of benzene rings is 1. The zero-order chi connectivity index (χ0) is 22.1. The maximum atomic E-state index is 11.2. The predicted octanol–water partition coefficient (Wildman–Crippen LogP) is 2.91. The second-order valence-electron chi connectivity index (χ2n) is 8.68. The molecule has 0 saturated carbocycles. The minimum absolute atomic E-state index is 0.0459. The number of aliphatic hydroxyl groups is 2. The van der Waals surface area contributed by atoms with Gasteiger partial charge in [-0.2, -0.15) is 0 Å². The molecule has 1 aliphatic carbocycles. The van der Waals surface area contributed by atoms with Crippen molar-refractivity contribution in [1.29, 1.82) is 0 Å². The highest BCUT2D eigenvalue weighted by Crippen LogP contribution is 2.51. The van der Waals surface area contributed by atoms with E-state index in [2.05, 4.69) is 33.9 Å². The third kappa shape index (κ3) is 3.75. The molecule has 2 fully saturated rings. The number of ether oxygens (including phenoxy) is 1. The van der Waals surface area contributed by atoms with E-state index in [9.17, 15) is 5.11 Å². The van der Waals surface area contributed by atoms with E-state index in [-0.39, 0.29) is 13.2 Å². The molecule has 164 valence electrons. The molecule has 1 aromatic heterocycles. The van der Waals surface area contributed by atoms with Crippen molar-refractivity contribution in [1.82, 2.24) is 9.88 Å². The summed E-state index contributed by atoms with van der Waals surface area (Å²) in [4.78, 5) is 6.92. The Labute approximate surface area is 189 Å². The summed E-state index contributed by atoms with van der Waals surface area (Å²) in [6, 6.07) is 12.8. The first kappa shape index (κ1) is 21.0. The Morgan fingerprint density at radius 3 is 2.84 bits per heavy atom. The molecule has 1 aromatic carbocycles. The lowest BCUT2D eigenvalue weighted by molar-refractivity contribution is -0.0229. The number of hydrogen-bond donors (Lipinski definition) is 2. The summed E-state index contributed by atoms with van der Waals surface area (Å²) in [7, 11) is 0. The van der Waals surface area contributed by atoms with Gasteiger partial charge in [-0.15, -0.1) is 0 Å². The summed E-state index contributed by atoms with van der Waals surface area (Å²) in [5.74, 6) is 7.11. The van der Waals surface area contributed by atoms with Crippen LogP contribution in [-0.4, -0.2) is 58.0 Å². The predicted molar refractivity (Wildman–Crippen MR) is 124 cm³/mol. The molecule has 5 heteroatoms. The van der Waals surface area contributed by atoms with Crippen molar-refractivity contribution in [2.45, 2.75) is 37.8 Å². The second kappa shape index (κ2) is 8.55. The van der Waals surface area contributed by atoms with Gasteiger partial charge in [0.2, 0.25) is 0 Å². The van der Waals surface area contributed by atoms with Crippen molar-refractivity contribution in [3.05, 3.63) is 82.2 Å². The van der Waals surface area contributed by atoms with Gasteiger partial charge in [0, 0.05) is 30.9 Å². The molecule has 2 N–H and O–H groups in total. The van der Waals surface area contributed by atoms with Crippen molar-refractivity contribution < 1.29 is 14.9 Å². The average molecular weight is 429 g/mol. The zero-order valence-corrected chi connectivity index (χ0v) is 18.3. The van der Waals surface area contributed by atoms with Gasteiger partial charge in [0.1, 0.15) is 18.1 Å². The molecule has 2 aromatic rings. The summed E-state index contributed by atoms with van der Waals surface area (Å²) >= 11 is 0. The Balaban J connectivity index is 1.49. The average Bonchev–Trinajstić information content (AvgIpc) is 2.79. The van der Waals surface area contributed by atoms with Gasteiger partial charge in [0.25, 0.3) is 0 Å². The third-order valence-corrected chi connectivity index (χ3v) is 6.55. The molecule has 5 aliphatic rings. The van der Waals surface area contributed by atoms with Gasteiger partial charge >= 0.3 is 0 Å². The molecular weight excluding hydrogens is 400 g/mol. The van der Waals surface area contributed by atoms with E-state index in [1.807, 2.05) is 37.3 Å². The largest absolute Gasteiger partial charge is 0.489 e. The molecule has 2 unspecified atom stereocenters. The molecule has 4 bridgehead atoms. The highest BCUT2D eigenvalue weighted by molar-refractivity contribution is 5.60. The fourth-order valence-electron chi connectivity index (χ4n) is 4.84. The monoisotopic (exact) mass is 428 g/mol. The molecule has 0 spiro atoms. The van der Waals surface area contributed by atoms with Crippen LogP contribution >= 0.6 is 0 Å². The normalized spacial score (nSPS) is 25.4. The Hall–Kier alpha value is -2.91. The summed E-state index contributed by atoms with van der Waals surface area (Å²) in [6.07, 6.45) is 6.21. The van der Waals surface area contributed by atoms with E-state index in [0.29, 0.717) is 24.8 Å². The van der Waals surface area contributed by atoms with E-state index in [4.69, 9.17) is 9.84 Å². The maximum Gasteiger partial charge on any atom is 0.160 e. The molecule has 2 saturated heterocycles. The van der Waals surface area contributed by atoms with E-state index >= 15 is 0 Å². The SMILES string of the molecule is CC/C=C(\OCCO)c1cc(Cc2ccccc2)c(C#C[C@@]2(O)CN3CC4=C2CC43)cn1. The Bertz CT molecular complexity index is 1140. The number of aromatic nitrogens is 1. The zero-order valence-electron chi connectivity index (χ0n) is 18.3. The van der Waals surface area contributed by atoms with Gasteiger partial charge in [0.05, 0.1) is 6.61 Å². The van der Waals surface area contributed by atoms with Gasteiger partial charge in [-0.25, -0.2) is 0 Å². The third-order valence-electron chi connectivity index (χ3n) is 6.55. The van der Waals surface area contributed by atoms with Gasteiger partial charge in [-0.05, 0) is 53.7 Å². The van der Waals surface area contributed by atoms with Crippen molar-refractivity contribution in [3.8, 4) is 11.8 Å². The van der Waals surface area contributed by atoms with E-state index in [0.717, 1.165) is 41.8 Å². The van der Waals surface area contributed by atoms with Gasteiger partial charge in [-0.3, -0.25) is 9.88 Å². The molecule has 0 amide bonds. The maximum absolute atomic E-state index is 11.2. The van der Waals surface area contributed by atoms with Gasteiger partial charge < -0.3 is 14.9 Å². The first-order valence-electron chi connectivity index (χ1n) is 11.3. The number of aliphatic hydroxyl groups excluding tert-OH is 1. The summed E-state index contributed by atoms with van der Waals surface area (Å²) in [6.45, 7) is 3.82. The lowest BCUT2D eigenvalue weighted by atomic mass is 9.63. The van der Waals surface area contributed by atoms with Crippen molar-refractivity contribution in [2.75, 3.05) is 26.3 Å². The minimum Gasteiger partial charge on any atom is -0.489 e. The summed E-state index contributed by atoms with van der Waals surface area (Å²) < 4.78 is 5.73. The lowest BCUT2D eigenvalue weighted by Crippen LogP contribution is -2.69. The highest BCUT2D eigenvalue weighted by atomic mass is 16.5. The van der Waals surface area contributed by atoms with Gasteiger partial charge in [-0.1, -0.05) is 49.1 Å². The number of piperidine rings is 1. The Morgan fingerprint density at radius 1 is 1.34 bits per heavy atom. The van der Waals surface area contributed by atoms with Crippen LogP contribution in [0, 0.1) is 11.8 Å². The molecule has 7 rings (SSSR count). The quantitative estimate of drug-likeness (QED) is 0.403. The van der Waals surface area contributed by atoms with Crippen molar-refractivity contribution in [3.63, 3.8) is 0 Å². The van der Waals surface area contributed by atoms with Crippen LogP contribution in [0.15, 0.2) is 59.8 Å². The highest BCUT2D eigenvalue weighted by Gasteiger charge is 2.57. The van der Waals surface area contributed by atoms with Gasteiger partial charge in [0.15, 0.2) is 5.60 Å². The number of hydrogen-bond acceptors (Lipinski definition) is 5. The Morgan fingerprint density at radius 2 is 2.19 bits per heavy atom. The van der Waals surface area contributed by atoms with E-state index in [1.165, 1.54) is 11.1 Å². The van der Waals surface area contributed by atoms with Crippen LogP contribution in [0.5, 0.6) is 0 Å². The molecule has 32 heavy (non-hydrogen) atoms. The van der Waals surface area contributed by atoms with Crippen molar-refractivity contribution in [2.24, 2.45) is 0 Å². The van der Waals surface area contributed by atoms with Crippen LogP contribution in [0.2, 0.25) is 0 Å². The molecule has 3 atom stereocenters. The first-order chi connectivity index (χ1) is 15.6. The minimum atomic E-state index is -1.04. The standard InChI is InChI=1S/C27H28N2O3/c1-2-6-26(32-12-11-30)24-14-21(13-19-7-4-3-5-8-19)20(16-28-24)9-10-27(31)18-29-17-22-23(27)15-25(22)29/h3-8,14,16,25,30-31H,2,11-13,15,17-18H2,1H3/b26-6-/t25?,27-/m1/s1. The lowest BCUT2D eigenvalue weighted by Gasteiger charge is -2.61. The molecule has 0 radical (unpaired) electrons. The fourth-order valence-corrected chi connectivity index (χ4v) is 4.84. The first-order valence-corrected chi connectivity index (χ1v) is 11.3. The van der Waals surface area contributed by atoms with Crippen LogP contribution in [0.3, 0.4) is 0 Å². The molecule has 5 heterocycles. The topological polar surface area (TPSA) is 65.8 Å². The number of rotatable bonds is 7. The van der Waals surface area contributed by atoms with Crippen LogP contribution < -0.4 is 0 Å². The van der Waals surface area contributed by atoms with Crippen LogP contribution in [-0.2, 0) is 11.2 Å². The molecule has 4 aliphatic heterocycles. The fraction of sp³-hybridized carbons (Fsp3) is 0.370. The van der Waals surface area contributed by atoms with E-state index in [1.54, 1.807) is 6.20 Å². The molecular formula is C27H28N2O3. The number of nitrogens with zero attached hydrogens (tertiary/aromatic N) is 2. The second-order valence-corrected chi connectivity index (χ2v) is 8.68. The molecule has 5 nitrogen and oxygen atoms in total. The smallest absolute Gasteiger partial charge is 0.160 e. The van der Waals surface area contributed by atoms with E-state index < -0.39 is 5.60 Å².